The molecule has 0 aliphatic rings. The van der Waals surface area contributed by atoms with Crippen LogP contribution in [0.1, 0.15) is 12.8 Å². The molecule has 0 heterocycles. The molecule has 0 aliphatic heterocycles. The summed E-state index contributed by atoms with van der Waals surface area (Å²) in [5.41, 5.74) is 5.13. The Labute approximate surface area is 102 Å². The smallest absolute Gasteiger partial charge is 0.347 e. The number of carbonyl (C=O) groups is 3. The Morgan fingerprint density at radius 2 is 1.72 bits per heavy atom. The molecule has 0 aromatic heterocycles. The fourth-order valence-electron chi connectivity index (χ4n) is 0.987. The zero-order valence-electron chi connectivity index (χ0n) is 9.35. The fraction of sp³-hybridized carbons (Fsp3) is 0.667. The van der Waals surface area contributed by atoms with Crippen molar-refractivity contribution < 1.29 is 39.5 Å². The van der Waals surface area contributed by atoms with E-state index in [0.717, 1.165) is 0 Å². The van der Waals surface area contributed by atoms with Gasteiger partial charge in [-0.15, -0.1) is 0 Å². The highest BCUT2D eigenvalue weighted by Gasteiger charge is 2.30. The standard InChI is InChI=1S/C9H15NO8/c10-4(8(14)15)1-2-6(13)18-7(9(16)17)5(12)3-11/h4-5,7,11-12H,1-3,10H2,(H,14,15)(H,16,17)/t4-,5+,7+/m0/s1. The van der Waals surface area contributed by atoms with Crippen LogP contribution in [0.2, 0.25) is 0 Å². The Bertz CT molecular complexity index is 318. The van der Waals surface area contributed by atoms with E-state index in [-0.39, 0.29) is 6.42 Å². The second kappa shape index (κ2) is 7.58. The molecule has 0 aromatic rings. The Hall–Kier alpha value is -1.71. The molecule has 6 N–H and O–H groups in total. The number of carboxylic acid groups (broad SMARTS) is 2. The number of carboxylic acids is 2. The number of aliphatic hydroxyl groups excluding tert-OH is 2. The third-order valence-corrected chi connectivity index (χ3v) is 2.01. The van der Waals surface area contributed by atoms with Gasteiger partial charge in [0.2, 0.25) is 6.10 Å². The molecule has 0 fully saturated rings. The molecule has 9 heteroatoms. The maximum Gasteiger partial charge on any atom is 0.347 e. The minimum absolute atomic E-state index is 0.226. The lowest BCUT2D eigenvalue weighted by atomic mass is 10.1. The third kappa shape index (κ3) is 5.57. The summed E-state index contributed by atoms with van der Waals surface area (Å²) in [6.45, 7) is -0.890. The van der Waals surface area contributed by atoms with Crippen LogP contribution in [-0.2, 0) is 19.1 Å². The highest BCUT2D eigenvalue weighted by atomic mass is 16.6. The zero-order valence-corrected chi connectivity index (χ0v) is 9.35. The summed E-state index contributed by atoms with van der Waals surface area (Å²) in [4.78, 5) is 32.1. The third-order valence-electron chi connectivity index (χ3n) is 2.01. The van der Waals surface area contributed by atoms with Crippen LogP contribution in [0.25, 0.3) is 0 Å². The number of rotatable bonds is 8. The number of ether oxygens (including phenoxy) is 1. The predicted octanol–water partition coefficient (Wildman–Crippen LogP) is -2.47. The molecule has 0 bridgehead atoms. The molecule has 0 saturated heterocycles. The van der Waals surface area contributed by atoms with Crippen LogP contribution >= 0.6 is 0 Å². The van der Waals surface area contributed by atoms with Crippen molar-refractivity contribution in [2.24, 2.45) is 5.73 Å². The van der Waals surface area contributed by atoms with Gasteiger partial charge in [0.05, 0.1) is 6.61 Å². The lowest BCUT2D eigenvalue weighted by Crippen LogP contribution is -2.40. The lowest BCUT2D eigenvalue weighted by molar-refractivity contribution is -0.173. The van der Waals surface area contributed by atoms with E-state index in [0.29, 0.717) is 0 Å². The second-order valence-electron chi connectivity index (χ2n) is 3.48. The van der Waals surface area contributed by atoms with Gasteiger partial charge < -0.3 is 30.9 Å². The first-order valence-corrected chi connectivity index (χ1v) is 4.99. The van der Waals surface area contributed by atoms with Gasteiger partial charge in [0.1, 0.15) is 12.1 Å². The fourth-order valence-corrected chi connectivity index (χ4v) is 0.987. The van der Waals surface area contributed by atoms with Gasteiger partial charge in [0, 0.05) is 6.42 Å². The molecule has 0 saturated carbocycles. The Morgan fingerprint density at radius 3 is 2.11 bits per heavy atom. The van der Waals surface area contributed by atoms with Crippen LogP contribution in [0.5, 0.6) is 0 Å². The molecular weight excluding hydrogens is 250 g/mol. The van der Waals surface area contributed by atoms with Crippen LogP contribution in [0.3, 0.4) is 0 Å². The summed E-state index contributed by atoms with van der Waals surface area (Å²) in [6.07, 6.45) is -4.28. The number of hydrogen-bond acceptors (Lipinski definition) is 7. The number of nitrogens with two attached hydrogens (primary N) is 1. The van der Waals surface area contributed by atoms with Crippen LogP contribution < -0.4 is 5.73 Å². The van der Waals surface area contributed by atoms with Gasteiger partial charge >= 0.3 is 17.9 Å². The summed E-state index contributed by atoms with van der Waals surface area (Å²) in [5.74, 6) is -3.94. The minimum atomic E-state index is -1.90. The van der Waals surface area contributed by atoms with Crippen LogP contribution in [0, 0.1) is 0 Å². The highest BCUT2D eigenvalue weighted by molar-refractivity contribution is 5.79. The van der Waals surface area contributed by atoms with Crippen molar-refractivity contribution in [3.8, 4) is 0 Å². The first kappa shape index (κ1) is 16.3. The number of esters is 1. The van der Waals surface area contributed by atoms with E-state index in [1.807, 2.05) is 0 Å². The molecule has 9 nitrogen and oxygen atoms in total. The van der Waals surface area contributed by atoms with E-state index in [2.05, 4.69) is 4.74 Å². The summed E-state index contributed by atoms with van der Waals surface area (Å²) in [7, 11) is 0. The second-order valence-corrected chi connectivity index (χ2v) is 3.48. The van der Waals surface area contributed by atoms with Crippen LogP contribution in [0.15, 0.2) is 0 Å². The van der Waals surface area contributed by atoms with E-state index in [1.165, 1.54) is 0 Å². The van der Waals surface area contributed by atoms with Crippen molar-refractivity contribution in [3.05, 3.63) is 0 Å². The first-order chi connectivity index (χ1) is 8.29. The predicted molar refractivity (Wildman–Crippen MR) is 55.5 cm³/mol. The Kier molecular flexibility index (Phi) is 6.86. The molecule has 0 aromatic carbocycles. The quantitative estimate of drug-likeness (QED) is 0.298. The van der Waals surface area contributed by atoms with E-state index < -0.39 is 49.2 Å². The van der Waals surface area contributed by atoms with Crippen LogP contribution in [-0.4, -0.2) is 63.2 Å². The van der Waals surface area contributed by atoms with E-state index in [4.69, 9.17) is 26.2 Å². The largest absolute Gasteiger partial charge is 0.480 e. The van der Waals surface area contributed by atoms with Gasteiger partial charge in [-0.05, 0) is 6.42 Å². The topological polar surface area (TPSA) is 167 Å². The molecule has 0 radical (unpaired) electrons. The summed E-state index contributed by atoms with van der Waals surface area (Å²) in [6, 6.07) is -1.26. The zero-order chi connectivity index (χ0) is 14.3. The van der Waals surface area contributed by atoms with E-state index >= 15 is 0 Å². The van der Waals surface area contributed by atoms with Crippen molar-refractivity contribution in [2.75, 3.05) is 6.61 Å². The van der Waals surface area contributed by atoms with Crippen molar-refractivity contribution in [2.45, 2.75) is 31.1 Å². The maximum atomic E-state index is 11.2. The van der Waals surface area contributed by atoms with Crippen molar-refractivity contribution in [1.82, 2.24) is 0 Å². The number of aliphatic hydroxyl groups is 2. The molecule has 104 valence electrons. The average Bonchev–Trinajstić information content (AvgIpc) is 2.31. The van der Waals surface area contributed by atoms with Crippen LogP contribution in [0.4, 0.5) is 0 Å². The van der Waals surface area contributed by atoms with Crippen molar-refractivity contribution >= 4 is 17.9 Å². The molecular formula is C9H15NO8. The lowest BCUT2D eigenvalue weighted by Gasteiger charge is -2.17. The molecule has 0 unspecified atom stereocenters. The minimum Gasteiger partial charge on any atom is -0.480 e. The maximum absolute atomic E-state index is 11.2. The molecule has 0 spiro atoms. The van der Waals surface area contributed by atoms with E-state index in [1.54, 1.807) is 0 Å². The van der Waals surface area contributed by atoms with E-state index in [9.17, 15) is 14.4 Å². The number of hydrogen-bond donors (Lipinski definition) is 5. The molecule has 3 atom stereocenters. The van der Waals surface area contributed by atoms with Gasteiger partial charge in [-0.1, -0.05) is 0 Å². The molecule has 18 heavy (non-hydrogen) atoms. The van der Waals surface area contributed by atoms with Gasteiger partial charge in [-0.25, -0.2) is 4.79 Å². The number of aliphatic carboxylic acids is 2. The molecule has 0 rings (SSSR count). The highest BCUT2D eigenvalue weighted by Crippen LogP contribution is 2.05. The molecule has 0 aliphatic carbocycles. The van der Waals surface area contributed by atoms with Gasteiger partial charge in [0.25, 0.3) is 0 Å². The van der Waals surface area contributed by atoms with Crippen molar-refractivity contribution in [3.63, 3.8) is 0 Å². The average molecular weight is 265 g/mol. The molecule has 0 amide bonds. The monoisotopic (exact) mass is 265 g/mol. The number of carbonyl (C=O) groups excluding carboxylic acids is 1. The Balaban J connectivity index is 4.27. The van der Waals surface area contributed by atoms with Gasteiger partial charge in [0.15, 0.2) is 0 Å². The summed E-state index contributed by atoms with van der Waals surface area (Å²) in [5, 5.41) is 34.7. The van der Waals surface area contributed by atoms with Gasteiger partial charge in [-0.3, -0.25) is 9.59 Å². The normalized spacial score (nSPS) is 15.5. The SMILES string of the molecule is N[C@@H](CCC(=O)O[C@@H](C(=O)O)[C@H](O)CO)C(=O)O. The summed E-state index contributed by atoms with van der Waals surface area (Å²) < 4.78 is 4.40. The van der Waals surface area contributed by atoms with Crippen molar-refractivity contribution in [1.29, 1.82) is 0 Å². The Morgan fingerprint density at radius 1 is 1.17 bits per heavy atom. The first-order valence-electron chi connectivity index (χ1n) is 4.99. The summed E-state index contributed by atoms with van der Waals surface area (Å²) >= 11 is 0. The van der Waals surface area contributed by atoms with Gasteiger partial charge in [-0.2, -0.15) is 0 Å².